The minimum absolute atomic E-state index is 0. The van der Waals surface area contributed by atoms with Gasteiger partial charge in [-0.2, -0.15) is 0 Å². The maximum absolute atomic E-state index is 12.9. The van der Waals surface area contributed by atoms with Crippen LogP contribution in [-0.2, 0) is 4.79 Å². The minimum atomic E-state index is -0.422. The van der Waals surface area contributed by atoms with Crippen LogP contribution in [-0.4, -0.2) is 36.0 Å². The molecule has 1 aliphatic heterocycles. The van der Waals surface area contributed by atoms with Crippen molar-refractivity contribution in [1.82, 2.24) is 4.90 Å². The summed E-state index contributed by atoms with van der Waals surface area (Å²) in [4.78, 5) is 14.8. The number of carbonyl (C=O) groups is 1. The number of para-hydroxylation sites is 1. The topological polar surface area (TPSA) is 55.6 Å². The van der Waals surface area contributed by atoms with E-state index in [1.54, 1.807) is 0 Å². The van der Waals surface area contributed by atoms with Crippen molar-refractivity contribution in [2.24, 2.45) is 11.7 Å². The van der Waals surface area contributed by atoms with Gasteiger partial charge in [0.15, 0.2) is 6.10 Å². The average Bonchev–Trinajstić information content (AvgIpc) is 2.93. The number of nitrogens with zero attached hydrogens (tertiary/aromatic N) is 1. The van der Waals surface area contributed by atoms with Crippen LogP contribution in [0.1, 0.15) is 52.0 Å². The third-order valence-electron chi connectivity index (χ3n) is 4.73. The lowest BCUT2D eigenvalue weighted by Crippen LogP contribution is -2.43. The van der Waals surface area contributed by atoms with Crippen LogP contribution in [0.4, 0.5) is 0 Å². The molecule has 1 aliphatic rings. The number of rotatable bonds is 6. The first-order valence-corrected chi connectivity index (χ1v) is 8.74. The van der Waals surface area contributed by atoms with Crippen molar-refractivity contribution >= 4 is 18.3 Å². The molecule has 4 nitrogen and oxygen atoms in total. The summed E-state index contributed by atoms with van der Waals surface area (Å²) in [7, 11) is 0. The van der Waals surface area contributed by atoms with Crippen molar-refractivity contribution in [2.75, 3.05) is 13.1 Å². The Kier molecular flexibility index (Phi) is 8.04. The van der Waals surface area contributed by atoms with E-state index >= 15 is 0 Å². The lowest BCUT2D eigenvalue weighted by molar-refractivity contribution is -0.139. The van der Waals surface area contributed by atoms with Gasteiger partial charge in [0.2, 0.25) is 0 Å². The van der Waals surface area contributed by atoms with Gasteiger partial charge in [0.1, 0.15) is 5.75 Å². The number of benzene rings is 1. The Morgan fingerprint density at radius 3 is 2.58 bits per heavy atom. The molecule has 136 valence electrons. The Morgan fingerprint density at radius 2 is 2.04 bits per heavy atom. The van der Waals surface area contributed by atoms with E-state index in [4.69, 9.17) is 10.5 Å². The molecule has 0 radical (unpaired) electrons. The van der Waals surface area contributed by atoms with Gasteiger partial charge in [-0.05, 0) is 49.8 Å². The van der Waals surface area contributed by atoms with Crippen molar-refractivity contribution in [3.8, 4) is 5.75 Å². The number of carbonyl (C=O) groups excluding carboxylic acids is 1. The largest absolute Gasteiger partial charge is 0.480 e. The van der Waals surface area contributed by atoms with Crippen LogP contribution in [0.15, 0.2) is 24.3 Å². The molecule has 0 aromatic heterocycles. The Morgan fingerprint density at radius 1 is 1.38 bits per heavy atom. The molecule has 0 bridgehead atoms. The zero-order chi connectivity index (χ0) is 17.0. The molecular weight excluding hydrogens is 324 g/mol. The maximum Gasteiger partial charge on any atom is 0.263 e. The minimum Gasteiger partial charge on any atom is -0.480 e. The van der Waals surface area contributed by atoms with Crippen LogP contribution in [0.25, 0.3) is 0 Å². The summed E-state index contributed by atoms with van der Waals surface area (Å²) in [6.45, 7) is 9.77. The highest BCUT2D eigenvalue weighted by molar-refractivity contribution is 5.85. The molecule has 1 amide bonds. The molecule has 1 heterocycles. The summed E-state index contributed by atoms with van der Waals surface area (Å²) in [6.07, 6.45) is 1.23. The van der Waals surface area contributed by atoms with E-state index in [0.29, 0.717) is 24.8 Å². The number of ether oxygens (including phenoxy) is 1. The summed E-state index contributed by atoms with van der Waals surface area (Å²) in [6, 6.07) is 8.25. The van der Waals surface area contributed by atoms with E-state index < -0.39 is 6.10 Å². The maximum atomic E-state index is 12.9. The molecule has 24 heavy (non-hydrogen) atoms. The van der Waals surface area contributed by atoms with Crippen molar-refractivity contribution in [3.05, 3.63) is 29.8 Å². The second-order valence-electron chi connectivity index (χ2n) is 6.88. The van der Waals surface area contributed by atoms with Crippen LogP contribution < -0.4 is 10.5 Å². The Labute approximate surface area is 152 Å². The summed E-state index contributed by atoms with van der Waals surface area (Å²) >= 11 is 0. The number of hydrogen-bond acceptors (Lipinski definition) is 3. The standard InChI is InChI=1S/C19H30N2O2.ClH/c1-5-17(19(22)21-12-15(11-20)10-14(21)4)23-18-9-7-6-8-16(18)13(2)3;/h6-9,13-15,17H,5,10-12,20H2,1-4H3;1H. The lowest BCUT2D eigenvalue weighted by Gasteiger charge is -2.27. The van der Waals surface area contributed by atoms with Crippen LogP contribution in [0.2, 0.25) is 0 Å². The highest BCUT2D eigenvalue weighted by Crippen LogP contribution is 2.29. The van der Waals surface area contributed by atoms with Crippen molar-refractivity contribution in [2.45, 2.75) is 58.6 Å². The molecule has 2 N–H and O–H groups in total. The molecule has 3 atom stereocenters. The summed E-state index contributed by atoms with van der Waals surface area (Å²) < 4.78 is 6.13. The second kappa shape index (κ2) is 9.28. The zero-order valence-electron chi connectivity index (χ0n) is 15.2. The first-order chi connectivity index (χ1) is 11.0. The Bertz CT molecular complexity index is 536. The first-order valence-electron chi connectivity index (χ1n) is 8.74. The van der Waals surface area contributed by atoms with Gasteiger partial charge in [0.05, 0.1) is 0 Å². The molecule has 5 heteroatoms. The van der Waals surface area contributed by atoms with Crippen molar-refractivity contribution in [3.63, 3.8) is 0 Å². The van der Waals surface area contributed by atoms with Crippen LogP contribution in [0.3, 0.4) is 0 Å². The van der Waals surface area contributed by atoms with Gasteiger partial charge in [0.25, 0.3) is 5.91 Å². The fraction of sp³-hybridized carbons (Fsp3) is 0.632. The van der Waals surface area contributed by atoms with Gasteiger partial charge in [-0.25, -0.2) is 0 Å². The number of hydrogen-bond donors (Lipinski definition) is 1. The van der Waals surface area contributed by atoms with E-state index in [1.807, 2.05) is 30.0 Å². The smallest absolute Gasteiger partial charge is 0.263 e. The molecule has 0 spiro atoms. The van der Waals surface area contributed by atoms with Crippen molar-refractivity contribution in [1.29, 1.82) is 0 Å². The van der Waals surface area contributed by atoms with Gasteiger partial charge in [0, 0.05) is 12.6 Å². The molecule has 3 unspecified atom stereocenters. The normalized spacial score (nSPS) is 21.5. The quantitative estimate of drug-likeness (QED) is 0.849. The van der Waals surface area contributed by atoms with Gasteiger partial charge in [-0.1, -0.05) is 39.0 Å². The summed E-state index contributed by atoms with van der Waals surface area (Å²) in [5.41, 5.74) is 6.92. The molecule has 2 rings (SSSR count). The van der Waals surface area contributed by atoms with E-state index in [9.17, 15) is 4.79 Å². The number of likely N-dealkylation sites (tertiary alicyclic amines) is 1. The second-order valence-corrected chi connectivity index (χ2v) is 6.88. The SMILES string of the molecule is CCC(Oc1ccccc1C(C)C)C(=O)N1CC(CN)CC1C.Cl. The fourth-order valence-corrected chi connectivity index (χ4v) is 3.33. The van der Waals surface area contributed by atoms with E-state index in [1.165, 1.54) is 0 Å². The van der Waals surface area contributed by atoms with Gasteiger partial charge < -0.3 is 15.4 Å². The summed E-state index contributed by atoms with van der Waals surface area (Å²) in [5, 5.41) is 0. The Balaban J connectivity index is 0.00000288. The number of nitrogens with two attached hydrogens (primary N) is 1. The average molecular weight is 355 g/mol. The van der Waals surface area contributed by atoms with Crippen molar-refractivity contribution < 1.29 is 9.53 Å². The predicted molar refractivity (Wildman–Crippen MR) is 101 cm³/mol. The summed E-state index contributed by atoms with van der Waals surface area (Å²) in [5.74, 6) is 1.69. The predicted octanol–water partition coefficient (Wildman–Crippen LogP) is 3.58. The van der Waals surface area contributed by atoms with Crippen LogP contribution in [0.5, 0.6) is 5.75 Å². The Hall–Kier alpha value is -1.26. The molecule has 1 aromatic rings. The molecule has 0 saturated carbocycles. The molecule has 0 aliphatic carbocycles. The van der Waals surface area contributed by atoms with E-state index in [2.05, 4.69) is 26.8 Å². The fourth-order valence-electron chi connectivity index (χ4n) is 3.33. The molecule has 1 saturated heterocycles. The first kappa shape index (κ1) is 20.8. The third kappa shape index (κ3) is 4.64. The highest BCUT2D eigenvalue weighted by atomic mass is 35.5. The lowest BCUT2D eigenvalue weighted by atomic mass is 10.0. The van der Waals surface area contributed by atoms with Gasteiger partial charge in [-0.3, -0.25) is 4.79 Å². The highest BCUT2D eigenvalue weighted by Gasteiger charge is 2.35. The number of halogens is 1. The molecule has 1 fully saturated rings. The van der Waals surface area contributed by atoms with E-state index in [0.717, 1.165) is 24.3 Å². The van der Waals surface area contributed by atoms with Gasteiger partial charge in [-0.15, -0.1) is 12.4 Å². The number of amides is 1. The monoisotopic (exact) mass is 354 g/mol. The third-order valence-corrected chi connectivity index (χ3v) is 4.73. The zero-order valence-corrected chi connectivity index (χ0v) is 16.0. The molecular formula is C19H31ClN2O2. The van der Waals surface area contributed by atoms with Crippen LogP contribution >= 0.6 is 12.4 Å². The van der Waals surface area contributed by atoms with E-state index in [-0.39, 0.29) is 24.4 Å². The van der Waals surface area contributed by atoms with Gasteiger partial charge >= 0.3 is 0 Å². The van der Waals surface area contributed by atoms with Crippen LogP contribution in [0, 0.1) is 5.92 Å². The molecule has 1 aromatic carbocycles.